The molecule has 0 spiro atoms. The standard InChI is InChI=1S/C20H20N2O3/c1-10-2-4-11(5-3-10)21-16(23)9-22-19(24)17-12-6-7-13(15-8-14(12)15)18(17)20(22)25/h2-7,12-15,17-18H,8-9H2,1H3,(H,21,23). The predicted octanol–water partition coefficient (Wildman–Crippen LogP) is 1.99. The number of nitrogens with zero attached hydrogens (tertiary/aromatic N) is 1. The third kappa shape index (κ3) is 2.11. The highest BCUT2D eigenvalue weighted by Crippen LogP contribution is 2.65. The van der Waals surface area contributed by atoms with Gasteiger partial charge in [-0.1, -0.05) is 29.8 Å². The van der Waals surface area contributed by atoms with E-state index in [1.165, 1.54) is 4.90 Å². The second kappa shape index (κ2) is 5.04. The van der Waals surface area contributed by atoms with Gasteiger partial charge in [-0.3, -0.25) is 19.3 Å². The number of carbonyl (C=O) groups is 3. The van der Waals surface area contributed by atoms with Crippen molar-refractivity contribution in [1.82, 2.24) is 4.90 Å². The van der Waals surface area contributed by atoms with E-state index in [4.69, 9.17) is 0 Å². The van der Waals surface area contributed by atoms with Gasteiger partial charge in [0, 0.05) is 5.69 Å². The van der Waals surface area contributed by atoms with E-state index in [0.717, 1.165) is 12.0 Å². The molecule has 0 radical (unpaired) electrons. The molecule has 1 aromatic carbocycles. The normalized spacial score (nSPS) is 37.1. The Morgan fingerprint density at radius 3 is 2.16 bits per heavy atom. The summed E-state index contributed by atoms with van der Waals surface area (Å²) in [7, 11) is 0. The van der Waals surface area contributed by atoms with Crippen LogP contribution in [0.15, 0.2) is 36.4 Å². The van der Waals surface area contributed by atoms with Gasteiger partial charge in [0.05, 0.1) is 11.8 Å². The van der Waals surface area contributed by atoms with Crippen molar-refractivity contribution in [3.05, 3.63) is 42.0 Å². The predicted molar refractivity (Wildman–Crippen MR) is 91.2 cm³/mol. The Kier molecular flexibility index (Phi) is 3.00. The Balaban J connectivity index is 1.32. The summed E-state index contributed by atoms with van der Waals surface area (Å²) in [6.45, 7) is 1.79. The van der Waals surface area contributed by atoms with Gasteiger partial charge in [-0.2, -0.15) is 0 Å². The number of benzene rings is 1. The number of aryl methyl sites for hydroxylation is 1. The van der Waals surface area contributed by atoms with Gasteiger partial charge in [-0.15, -0.1) is 0 Å². The van der Waals surface area contributed by atoms with Crippen LogP contribution in [-0.4, -0.2) is 29.2 Å². The molecule has 5 nitrogen and oxygen atoms in total. The zero-order chi connectivity index (χ0) is 17.3. The lowest BCUT2D eigenvalue weighted by atomic mass is 9.63. The summed E-state index contributed by atoms with van der Waals surface area (Å²) in [5, 5.41) is 2.77. The van der Waals surface area contributed by atoms with E-state index in [1.54, 1.807) is 0 Å². The van der Waals surface area contributed by atoms with Gasteiger partial charge in [-0.05, 0) is 49.1 Å². The van der Waals surface area contributed by atoms with Crippen molar-refractivity contribution in [2.75, 3.05) is 11.9 Å². The number of nitrogens with one attached hydrogen (secondary N) is 1. The second-order valence-corrected chi connectivity index (χ2v) is 7.83. The van der Waals surface area contributed by atoms with Crippen molar-refractivity contribution in [1.29, 1.82) is 0 Å². The monoisotopic (exact) mass is 336 g/mol. The van der Waals surface area contributed by atoms with Gasteiger partial charge < -0.3 is 5.32 Å². The molecule has 2 bridgehead atoms. The van der Waals surface area contributed by atoms with Gasteiger partial charge in [0.15, 0.2) is 0 Å². The average molecular weight is 336 g/mol. The second-order valence-electron chi connectivity index (χ2n) is 7.83. The van der Waals surface area contributed by atoms with E-state index >= 15 is 0 Å². The fourth-order valence-corrected chi connectivity index (χ4v) is 5.16. The minimum Gasteiger partial charge on any atom is -0.325 e. The number of amides is 3. The molecule has 1 heterocycles. The van der Waals surface area contributed by atoms with Crippen LogP contribution in [0, 0.1) is 42.4 Å². The van der Waals surface area contributed by atoms with Crippen molar-refractivity contribution in [3.63, 3.8) is 0 Å². The number of rotatable bonds is 3. The maximum Gasteiger partial charge on any atom is 0.244 e. The molecule has 6 unspecified atom stereocenters. The van der Waals surface area contributed by atoms with Crippen LogP contribution in [0.3, 0.4) is 0 Å². The van der Waals surface area contributed by atoms with Crippen LogP contribution in [0.2, 0.25) is 0 Å². The van der Waals surface area contributed by atoms with Gasteiger partial charge >= 0.3 is 0 Å². The number of anilines is 1. The summed E-state index contributed by atoms with van der Waals surface area (Å²) in [6.07, 6.45) is 5.42. The van der Waals surface area contributed by atoms with E-state index in [9.17, 15) is 14.4 Å². The number of carbonyl (C=O) groups excluding carboxylic acids is 3. The first-order chi connectivity index (χ1) is 12.0. The smallest absolute Gasteiger partial charge is 0.244 e. The molecule has 5 heteroatoms. The number of hydrogen-bond acceptors (Lipinski definition) is 3. The van der Waals surface area contributed by atoms with E-state index < -0.39 is 0 Å². The van der Waals surface area contributed by atoms with Crippen LogP contribution in [0.5, 0.6) is 0 Å². The van der Waals surface area contributed by atoms with Gasteiger partial charge in [0.1, 0.15) is 6.54 Å². The molecule has 6 atom stereocenters. The molecule has 128 valence electrons. The highest BCUT2D eigenvalue weighted by Gasteiger charge is 2.67. The lowest BCUT2D eigenvalue weighted by molar-refractivity contribution is -0.142. The van der Waals surface area contributed by atoms with Crippen LogP contribution >= 0.6 is 0 Å². The molecule has 1 saturated heterocycles. The van der Waals surface area contributed by atoms with Crippen LogP contribution in [-0.2, 0) is 14.4 Å². The zero-order valence-corrected chi connectivity index (χ0v) is 14.0. The molecule has 2 saturated carbocycles. The minimum absolute atomic E-state index is 0.154. The summed E-state index contributed by atoms with van der Waals surface area (Å²) < 4.78 is 0. The average Bonchev–Trinajstić information content (AvgIpc) is 3.38. The van der Waals surface area contributed by atoms with E-state index in [2.05, 4.69) is 17.5 Å². The molecule has 1 aliphatic heterocycles. The Bertz CT molecular complexity index is 777. The van der Waals surface area contributed by atoms with Crippen molar-refractivity contribution >= 4 is 23.4 Å². The molecule has 4 aliphatic carbocycles. The Labute approximate surface area is 146 Å². The molecule has 1 N–H and O–H groups in total. The van der Waals surface area contributed by atoms with Crippen molar-refractivity contribution in [2.24, 2.45) is 35.5 Å². The molecule has 25 heavy (non-hydrogen) atoms. The summed E-state index contributed by atoms with van der Waals surface area (Å²) in [4.78, 5) is 39.2. The van der Waals surface area contributed by atoms with Gasteiger partial charge in [-0.25, -0.2) is 0 Å². The molecule has 0 aromatic heterocycles. The van der Waals surface area contributed by atoms with E-state index in [-0.39, 0.29) is 47.9 Å². The lowest BCUT2D eigenvalue weighted by Gasteiger charge is -2.37. The maximum absolute atomic E-state index is 12.8. The van der Waals surface area contributed by atoms with E-state index in [0.29, 0.717) is 17.5 Å². The quantitative estimate of drug-likeness (QED) is 0.678. The largest absolute Gasteiger partial charge is 0.325 e. The summed E-state index contributed by atoms with van der Waals surface area (Å²) in [5.74, 6) is 0.441. The number of hydrogen-bond donors (Lipinski definition) is 1. The van der Waals surface area contributed by atoms with Crippen LogP contribution in [0.4, 0.5) is 5.69 Å². The zero-order valence-electron chi connectivity index (χ0n) is 14.0. The van der Waals surface area contributed by atoms with Crippen LogP contribution < -0.4 is 5.32 Å². The van der Waals surface area contributed by atoms with Crippen LogP contribution in [0.25, 0.3) is 0 Å². The minimum atomic E-state index is -0.324. The summed E-state index contributed by atoms with van der Waals surface area (Å²) in [6, 6.07) is 7.45. The fourth-order valence-electron chi connectivity index (χ4n) is 5.16. The highest BCUT2D eigenvalue weighted by molar-refractivity contribution is 6.09. The topological polar surface area (TPSA) is 66.5 Å². The summed E-state index contributed by atoms with van der Waals surface area (Å²) >= 11 is 0. The Morgan fingerprint density at radius 2 is 1.60 bits per heavy atom. The molecule has 6 rings (SSSR count). The third-order valence-corrected chi connectivity index (χ3v) is 6.39. The van der Waals surface area contributed by atoms with Crippen molar-refractivity contribution in [2.45, 2.75) is 13.3 Å². The molecular weight excluding hydrogens is 316 g/mol. The highest BCUT2D eigenvalue weighted by atomic mass is 16.2. The lowest BCUT2D eigenvalue weighted by Crippen LogP contribution is -2.40. The summed E-state index contributed by atoms with van der Waals surface area (Å²) in [5.41, 5.74) is 1.78. The SMILES string of the molecule is Cc1ccc(NC(=O)CN2C(=O)C3C4C=CC(C5CC45)C3C2=O)cc1. The number of allylic oxidation sites excluding steroid dienone is 2. The van der Waals surface area contributed by atoms with Gasteiger partial charge in [0.2, 0.25) is 17.7 Å². The molecule has 3 fully saturated rings. The maximum atomic E-state index is 12.8. The first-order valence-corrected chi connectivity index (χ1v) is 8.94. The molecule has 3 amide bonds. The molecule has 1 aromatic rings. The first kappa shape index (κ1) is 14.9. The molecular formula is C20H20N2O3. The van der Waals surface area contributed by atoms with Crippen molar-refractivity contribution in [3.8, 4) is 0 Å². The third-order valence-electron chi connectivity index (χ3n) is 6.39. The molecule has 5 aliphatic rings. The number of imide groups is 1. The number of likely N-dealkylation sites (tertiary alicyclic amines) is 1. The van der Waals surface area contributed by atoms with Crippen molar-refractivity contribution < 1.29 is 14.4 Å². The van der Waals surface area contributed by atoms with E-state index in [1.807, 2.05) is 31.2 Å². The fraction of sp³-hybridized carbons (Fsp3) is 0.450. The van der Waals surface area contributed by atoms with Gasteiger partial charge in [0.25, 0.3) is 0 Å². The first-order valence-electron chi connectivity index (χ1n) is 8.94. The Morgan fingerprint density at radius 1 is 1.04 bits per heavy atom. The van der Waals surface area contributed by atoms with Crippen LogP contribution in [0.1, 0.15) is 12.0 Å². The Hall–Kier alpha value is -2.43.